The van der Waals surface area contributed by atoms with Crippen LogP contribution >= 0.6 is 8.58 Å². The number of aromatic hydroxyl groups is 1. The molecule has 0 aliphatic carbocycles. The summed E-state index contributed by atoms with van der Waals surface area (Å²) in [6.07, 6.45) is 3.24. The average Bonchev–Trinajstić information content (AvgIpc) is 2.59. The van der Waals surface area contributed by atoms with Crippen LogP contribution in [-0.2, 0) is 11.7 Å². The molecule has 0 saturated carbocycles. The number of benzene rings is 2. The van der Waals surface area contributed by atoms with Gasteiger partial charge in [0, 0.05) is 17.3 Å². The molecular weight excluding hydrogens is 337 g/mol. The number of hydrogen-bond donors (Lipinski definition) is 1. The van der Waals surface area contributed by atoms with Crippen LogP contribution in [0.25, 0.3) is 0 Å². The van der Waals surface area contributed by atoms with Gasteiger partial charge in [0.25, 0.3) is 0 Å². The van der Waals surface area contributed by atoms with Crippen molar-refractivity contribution in [2.75, 3.05) is 14.1 Å². The molecule has 2 aromatic carbocycles. The zero-order chi connectivity index (χ0) is 19.3. The molecule has 0 amide bonds. The zero-order valence-corrected chi connectivity index (χ0v) is 18.2. The minimum atomic E-state index is -0.00195. The number of phenolic OH excluding ortho intramolecular Hbond substituents is 1. The quantitative estimate of drug-likeness (QED) is 0.621. The maximum absolute atomic E-state index is 10.7. The molecular formula is C23H34NOP. The normalized spacial score (nSPS) is 14.3. The van der Waals surface area contributed by atoms with Crippen LogP contribution in [0.4, 0.5) is 0 Å². The highest BCUT2D eigenvalue weighted by atomic mass is 31.1. The first kappa shape index (κ1) is 20.9. The van der Waals surface area contributed by atoms with Crippen LogP contribution in [-0.4, -0.2) is 24.1 Å². The lowest BCUT2D eigenvalue weighted by Gasteiger charge is -2.36. The summed E-state index contributed by atoms with van der Waals surface area (Å²) in [7, 11) is 4.90. The number of hydrogen-bond acceptors (Lipinski definition) is 2. The molecule has 142 valence electrons. The van der Waals surface area contributed by atoms with Crippen molar-refractivity contribution >= 4 is 13.9 Å². The summed E-state index contributed by atoms with van der Waals surface area (Å²) in [5, 5.41) is 12.2. The van der Waals surface area contributed by atoms with Crippen LogP contribution in [0.1, 0.15) is 55.4 Å². The van der Waals surface area contributed by atoms with Gasteiger partial charge in [-0.3, -0.25) is 0 Å². The van der Waals surface area contributed by atoms with Gasteiger partial charge < -0.3 is 10.0 Å². The lowest BCUT2D eigenvalue weighted by Crippen LogP contribution is -2.26. The molecule has 0 aliphatic rings. The highest BCUT2D eigenvalue weighted by Gasteiger charge is 2.33. The Hall–Kier alpha value is -1.37. The van der Waals surface area contributed by atoms with Crippen LogP contribution in [0.2, 0.25) is 0 Å². The van der Waals surface area contributed by atoms with Gasteiger partial charge in [-0.05, 0) is 63.3 Å². The van der Waals surface area contributed by atoms with Gasteiger partial charge in [-0.25, -0.2) is 0 Å². The first-order valence-corrected chi connectivity index (χ1v) is 10.6. The molecule has 3 heteroatoms. The highest BCUT2D eigenvalue weighted by molar-refractivity contribution is 7.48. The van der Waals surface area contributed by atoms with Crippen molar-refractivity contribution in [2.45, 2.75) is 58.7 Å². The van der Waals surface area contributed by atoms with Gasteiger partial charge in [-0.1, -0.05) is 64.7 Å². The van der Waals surface area contributed by atoms with E-state index in [0.29, 0.717) is 14.3 Å². The number of aryl methyl sites for hydroxylation is 2. The van der Waals surface area contributed by atoms with Crippen molar-refractivity contribution < 1.29 is 5.11 Å². The second-order valence-electron chi connectivity index (χ2n) is 7.68. The minimum absolute atomic E-state index is 0.00195. The minimum Gasteiger partial charge on any atom is -0.508 e. The summed E-state index contributed by atoms with van der Waals surface area (Å²) in [6, 6.07) is 12.7. The Labute approximate surface area is 161 Å². The molecule has 0 radical (unpaired) electrons. The van der Waals surface area contributed by atoms with E-state index >= 15 is 0 Å². The third-order valence-corrected chi connectivity index (χ3v) is 7.47. The van der Waals surface area contributed by atoms with E-state index in [0.717, 1.165) is 31.4 Å². The standard InChI is InChI=1S/C23H34NOP/c1-7-14-23(8-2,20-15-17(3)12-13-21(20)25)26-22-18(4)10-9-11-19(22)16-24(5)6/h9-13,15,25-26H,7-8,14,16H2,1-6H3. The third kappa shape index (κ3) is 4.67. The smallest absolute Gasteiger partial charge is 0.119 e. The molecule has 0 heterocycles. The highest BCUT2D eigenvalue weighted by Crippen LogP contribution is 2.51. The van der Waals surface area contributed by atoms with Gasteiger partial charge in [-0.2, -0.15) is 0 Å². The molecule has 26 heavy (non-hydrogen) atoms. The second-order valence-corrected chi connectivity index (χ2v) is 9.39. The van der Waals surface area contributed by atoms with Crippen molar-refractivity contribution in [1.29, 1.82) is 0 Å². The predicted octanol–water partition coefficient (Wildman–Crippen LogP) is 5.48. The van der Waals surface area contributed by atoms with Crippen molar-refractivity contribution in [3.05, 3.63) is 58.7 Å². The van der Waals surface area contributed by atoms with Gasteiger partial charge in [0.15, 0.2) is 0 Å². The summed E-state index contributed by atoms with van der Waals surface area (Å²) in [5.74, 6) is 0.446. The molecule has 0 bridgehead atoms. The Kier molecular flexibility index (Phi) is 7.26. The fourth-order valence-corrected chi connectivity index (χ4v) is 5.77. The van der Waals surface area contributed by atoms with E-state index < -0.39 is 0 Å². The van der Waals surface area contributed by atoms with Gasteiger partial charge in [0.05, 0.1) is 0 Å². The summed E-state index contributed by atoms with van der Waals surface area (Å²) < 4.78 is 0. The fourth-order valence-electron chi connectivity index (χ4n) is 3.80. The predicted molar refractivity (Wildman–Crippen MR) is 116 cm³/mol. The van der Waals surface area contributed by atoms with Crippen LogP contribution < -0.4 is 5.30 Å². The first-order chi connectivity index (χ1) is 12.3. The van der Waals surface area contributed by atoms with E-state index in [1.807, 2.05) is 12.1 Å². The second kappa shape index (κ2) is 9.02. The van der Waals surface area contributed by atoms with Crippen LogP contribution in [0.3, 0.4) is 0 Å². The third-order valence-electron chi connectivity index (χ3n) is 5.16. The Morgan fingerprint density at radius 3 is 2.42 bits per heavy atom. The van der Waals surface area contributed by atoms with Gasteiger partial charge in [-0.15, -0.1) is 0 Å². The molecule has 0 aliphatic heterocycles. The maximum atomic E-state index is 10.7. The monoisotopic (exact) mass is 371 g/mol. The van der Waals surface area contributed by atoms with Crippen molar-refractivity contribution in [2.24, 2.45) is 0 Å². The molecule has 0 spiro atoms. The van der Waals surface area contributed by atoms with Gasteiger partial charge >= 0.3 is 0 Å². The molecule has 0 saturated heterocycles. The van der Waals surface area contributed by atoms with Crippen LogP contribution in [0, 0.1) is 13.8 Å². The van der Waals surface area contributed by atoms with Gasteiger partial charge in [0.2, 0.25) is 0 Å². The molecule has 0 aromatic heterocycles. The van der Waals surface area contributed by atoms with Gasteiger partial charge in [0.1, 0.15) is 5.75 Å². The van der Waals surface area contributed by atoms with Crippen LogP contribution in [0.5, 0.6) is 5.75 Å². The Balaban J connectivity index is 2.58. The lowest BCUT2D eigenvalue weighted by molar-refractivity contribution is 0.403. The molecule has 2 aromatic rings. The molecule has 2 unspecified atom stereocenters. The SMILES string of the molecule is CCCC(CC)(Pc1c(C)cccc1CN(C)C)c1cc(C)ccc1O. The number of phenols is 1. The molecule has 1 N–H and O–H groups in total. The van der Waals surface area contributed by atoms with Crippen molar-refractivity contribution in [3.63, 3.8) is 0 Å². The van der Waals surface area contributed by atoms with E-state index in [1.54, 1.807) is 0 Å². The summed E-state index contributed by atoms with van der Waals surface area (Å²) >= 11 is 0. The zero-order valence-electron chi connectivity index (χ0n) is 17.2. The van der Waals surface area contributed by atoms with Crippen molar-refractivity contribution in [3.8, 4) is 5.75 Å². The first-order valence-electron chi connectivity index (χ1n) is 9.64. The Morgan fingerprint density at radius 1 is 1.08 bits per heavy atom. The van der Waals surface area contributed by atoms with Crippen LogP contribution in [0.15, 0.2) is 36.4 Å². The molecule has 2 atom stereocenters. The molecule has 2 nitrogen and oxygen atoms in total. The van der Waals surface area contributed by atoms with Crippen molar-refractivity contribution in [1.82, 2.24) is 4.90 Å². The van der Waals surface area contributed by atoms with E-state index in [4.69, 9.17) is 0 Å². The summed E-state index contributed by atoms with van der Waals surface area (Å²) in [5.41, 5.74) is 5.12. The average molecular weight is 372 g/mol. The summed E-state index contributed by atoms with van der Waals surface area (Å²) in [6.45, 7) is 9.82. The van der Waals surface area contributed by atoms with E-state index in [1.165, 1.54) is 22.0 Å². The Morgan fingerprint density at radius 2 is 1.81 bits per heavy atom. The number of rotatable bonds is 8. The fraction of sp³-hybridized carbons (Fsp3) is 0.478. The molecule has 2 rings (SSSR count). The lowest BCUT2D eigenvalue weighted by atomic mass is 9.89. The Bertz CT molecular complexity index is 741. The largest absolute Gasteiger partial charge is 0.508 e. The van der Waals surface area contributed by atoms with E-state index in [9.17, 15) is 5.11 Å². The maximum Gasteiger partial charge on any atom is 0.119 e. The topological polar surface area (TPSA) is 23.5 Å². The van der Waals surface area contributed by atoms with E-state index in [2.05, 4.69) is 71.0 Å². The number of nitrogens with zero attached hydrogens (tertiary/aromatic N) is 1. The molecule has 0 fully saturated rings. The van der Waals surface area contributed by atoms with E-state index in [-0.39, 0.29) is 5.16 Å². The summed E-state index contributed by atoms with van der Waals surface area (Å²) in [4.78, 5) is 2.24.